The predicted molar refractivity (Wildman–Crippen MR) is 120 cm³/mol. The van der Waals surface area contributed by atoms with Gasteiger partial charge in [0.05, 0.1) is 11.8 Å². The highest BCUT2D eigenvalue weighted by atomic mass is 35.5. The molecular formula is C18H30Cl2N6O4S. The zero-order chi connectivity index (χ0) is 20.5. The second kappa shape index (κ2) is 11.1. The van der Waals surface area contributed by atoms with Crippen LogP contribution in [0.3, 0.4) is 0 Å². The van der Waals surface area contributed by atoms with E-state index in [4.69, 9.17) is 0 Å². The molecule has 2 saturated heterocycles. The van der Waals surface area contributed by atoms with E-state index < -0.39 is 24.0 Å². The van der Waals surface area contributed by atoms with Crippen molar-refractivity contribution in [2.75, 3.05) is 19.6 Å². The molecule has 1 aliphatic carbocycles. The number of aromatic nitrogens is 4. The third-order valence-electron chi connectivity index (χ3n) is 6.81. The molecule has 0 unspecified atom stereocenters. The summed E-state index contributed by atoms with van der Waals surface area (Å²) in [5, 5.41) is 34.5. The monoisotopic (exact) mass is 496 g/mol. The number of hydrogen-bond donors (Lipinski definition) is 4. The fourth-order valence-electron chi connectivity index (χ4n) is 5.33. The van der Waals surface area contributed by atoms with Gasteiger partial charge in [0.2, 0.25) is 0 Å². The first kappa shape index (κ1) is 26.1. The van der Waals surface area contributed by atoms with Crippen molar-refractivity contribution in [3.05, 3.63) is 5.82 Å². The molecule has 3 aliphatic rings. The largest absolute Gasteiger partial charge is 0.480 e. The summed E-state index contributed by atoms with van der Waals surface area (Å²) in [6.07, 6.45) is 4.21. The second-order valence-corrected chi connectivity index (χ2v) is 8.93. The van der Waals surface area contributed by atoms with E-state index in [-0.39, 0.29) is 30.9 Å². The standard InChI is InChI=1S/C18H28N6O4S.2ClH/c25-17(26)14-4-12-3-10(1-2-11(12)6-19-14)7-23-8-13(5-15(23)18(27)28)24-21-16(9-29)20-22-24;;/h10-15,19,29H,1-9H2,(H,25,26)(H,27,28);2*1H/t10-,11-,12+,13-,14-,15-;;/m0../s1. The zero-order valence-corrected chi connectivity index (χ0v) is 19.6. The van der Waals surface area contributed by atoms with Crippen molar-refractivity contribution in [2.45, 2.75) is 56.0 Å². The molecule has 0 amide bonds. The van der Waals surface area contributed by atoms with Gasteiger partial charge >= 0.3 is 11.9 Å². The first-order chi connectivity index (χ1) is 13.9. The minimum Gasteiger partial charge on any atom is -0.480 e. The summed E-state index contributed by atoms with van der Waals surface area (Å²) in [6, 6.07) is -1.12. The Balaban J connectivity index is 0.00000171. The van der Waals surface area contributed by atoms with Crippen LogP contribution in [0.5, 0.6) is 0 Å². The van der Waals surface area contributed by atoms with Crippen molar-refractivity contribution < 1.29 is 19.8 Å². The van der Waals surface area contributed by atoms with Crippen molar-refractivity contribution in [1.29, 1.82) is 0 Å². The summed E-state index contributed by atoms with van der Waals surface area (Å²) in [5.41, 5.74) is 0. The summed E-state index contributed by atoms with van der Waals surface area (Å²) in [5.74, 6) is 0.658. The minimum atomic E-state index is -0.816. The third kappa shape index (κ3) is 5.81. The molecule has 3 N–H and O–H groups in total. The van der Waals surface area contributed by atoms with Crippen LogP contribution in [0.15, 0.2) is 0 Å². The van der Waals surface area contributed by atoms with Crippen LogP contribution in [0.1, 0.15) is 44.0 Å². The van der Waals surface area contributed by atoms with Gasteiger partial charge in [-0.1, -0.05) is 0 Å². The van der Waals surface area contributed by atoms with E-state index in [1.54, 1.807) is 0 Å². The molecule has 1 saturated carbocycles. The van der Waals surface area contributed by atoms with Crippen LogP contribution < -0.4 is 5.32 Å². The molecular weight excluding hydrogens is 467 g/mol. The van der Waals surface area contributed by atoms with E-state index in [1.165, 1.54) is 4.80 Å². The average molecular weight is 497 g/mol. The fourth-order valence-corrected chi connectivity index (χ4v) is 5.45. The van der Waals surface area contributed by atoms with Crippen molar-refractivity contribution in [2.24, 2.45) is 17.8 Å². The Hall–Kier alpha value is -1.14. The smallest absolute Gasteiger partial charge is 0.321 e. The number of aliphatic carboxylic acids is 2. The van der Waals surface area contributed by atoms with Gasteiger partial charge < -0.3 is 15.5 Å². The first-order valence-corrected chi connectivity index (χ1v) is 10.9. The van der Waals surface area contributed by atoms with Gasteiger partial charge in [-0.2, -0.15) is 17.4 Å². The van der Waals surface area contributed by atoms with Crippen molar-refractivity contribution in [3.8, 4) is 0 Å². The highest BCUT2D eigenvalue weighted by Gasteiger charge is 2.42. The topological polar surface area (TPSA) is 133 Å². The number of piperidine rings is 1. The zero-order valence-electron chi connectivity index (χ0n) is 17.0. The summed E-state index contributed by atoms with van der Waals surface area (Å²) in [4.78, 5) is 26.8. The summed E-state index contributed by atoms with van der Waals surface area (Å²) < 4.78 is 0. The summed E-state index contributed by atoms with van der Waals surface area (Å²) >= 11 is 4.15. The number of hydrogen-bond acceptors (Lipinski definition) is 8. The number of halogens is 2. The average Bonchev–Trinajstić information content (AvgIpc) is 3.34. The molecule has 3 heterocycles. The number of carbonyl (C=O) groups is 2. The molecule has 176 valence electrons. The summed E-state index contributed by atoms with van der Waals surface area (Å²) in [7, 11) is 0. The van der Waals surface area contributed by atoms with Crippen LogP contribution in [-0.2, 0) is 15.3 Å². The highest BCUT2D eigenvalue weighted by Crippen LogP contribution is 2.40. The maximum atomic E-state index is 11.8. The van der Waals surface area contributed by atoms with Gasteiger partial charge in [-0.05, 0) is 61.6 Å². The molecule has 1 aromatic heterocycles. The lowest BCUT2D eigenvalue weighted by Gasteiger charge is -2.42. The highest BCUT2D eigenvalue weighted by molar-refractivity contribution is 7.79. The molecule has 31 heavy (non-hydrogen) atoms. The van der Waals surface area contributed by atoms with Crippen molar-refractivity contribution in [3.63, 3.8) is 0 Å². The van der Waals surface area contributed by atoms with Gasteiger partial charge in [0.1, 0.15) is 12.1 Å². The number of fused-ring (bicyclic) bond motifs is 1. The molecule has 0 bridgehead atoms. The Kier molecular flexibility index (Phi) is 9.38. The number of carboxylic acids is 2. The third-order valence-corrected chi connectivity index (χ3v) is 7.09. The van der Waals surface area contributed by atoms with Gasteiger partial charge in [-0.3, -0.25) is 14.5 Å². The lowest BCUT2D eigenvalue weighted by atomic mass is 9.69. The Morgan fingerprint density at radius 3 is 2.52 bits per heavy atom. The minimum absolute atomic E-state index is 0. The number of tetrazole rings is 1. The number of nitrogens with zero attached hydrogens (tertiary/aromatic N) is 5. The van der Waals surface area contributed by atoms with Gasteiger partial charge in [0, 0.05) is 13.1 Å². The first-order valence-electron chi connectivity index (χ1n) is 10.3. The van der Waals surface area contributed by atoms with E-state index in [2.05, 4.69) is 33.4 Å². The SMILES string of the molecule is Cl.Cl.O=C(O)[C@@H]1C[C@H]2C[C@@H](CN3C[C@@H](n4nnc(CS)n4)C[C@H]3C(=O)O)CC[C@H]2CN1. The number of rotatable bonds is 6. The normalized spacial score (nSPS) is 33.1. The van der Waals surface area contributed by atoms with E-state index in [0.717, 1.165) is 32.4 Å². The molecule has 0 radical (unpaired) electrons. The quantitative estimate of drug-likeness (QED) is 0.427. The lowest BCUT2D eigenvalue weighted by molar-refractivity contribution is -0.143. The maximum absolute atomic E-state index is 11.8. The van der Waals surface area contributed by atoms with E-state index in [0.29, 0.717) is 48.7 Å². The van der Waals surface area contributed by atoms with Gasteiger partial charge in [-0.25, -0.2) is 0 Å². The molecule has 1 aromatic rings. The van der Waals surface area contributed by atoms with Crippen LogP contribution in [0.2, 0.25) is 0 Å². The van der Waals surface area contributed by atoms with E-state index >= 15 is 0 Å². The molecule has 3 fully saturated rings. The number of likely N-dealkylation sites (tertiary alicyclic amines) is 1. The van der Waals surface area contributed by atoms with E-state index in [1.807, 2.05) is 4.90 Å². The maximum Gasteiger partial charge on any atom is 0.321 e. The Bertz CT molecular complexity index is 771. The molecule has 6 atom stereocenters. The summed E-state index contributed by atoms with van der Waals surface area (Å²) in [6.45, 7) is 2.07. The van der Waals surface area contributed by atoms with Crippen molar-refractivity contribution >= 4 is 49.4 Å². The van der Waals surface area contributed by atoms with Gasteiger partial charge in [0.25, 0.3) is 0 Å². The molecule has 0 aromatic carbocycles. The fraction of sp³-hybridized carbons (Fsp3) is 0.833. The van der Waals surface area contributed by atoms with Gasteiger partial charge in [0.15, 0.2) is 5.82 Å². The Morgan fingerprint density at radius 2 is 1.87 bits per heavy atom. The van der Waals surface area contributed by atoms with Crippen LogP contribution in [0.4, 0.5) is 0 Å². The van der Waals surface area contributed by atoms with Crippen LogP contribution >= 0.6 is 37.4 Å². The van der Waals surface area contributed by atoms with E-state index in [9.17, 15) is 19.8 Å². The van der Waals surface area contributed by atoms with Crippen LogP contribution in [-0.4, -0.2) is 79.0 Å². The molecule has 2 aliphatic heterocycles. The van der Waals surface area contributed by atoms with Crippen molar-refractivity contribution in [1.82, 2.24) is 30.4 Å². The second-order valence-electron chi connectivity index (χ2n) is 8.62. The molecule has 0 spiro atoms. The molecule has 13 heteroatoms. The van der Waals surface area contributed by atoms with Crippen LogP contribution in [0, 0.1) is 17.8 Å². The van der Waals surface area contributed by atoms with Gasteiger partial charge in [-0.15, -0.1) is 35.0 Å². The van der Waals surface area contributed by atoms with Crippen LogP contribution in [0.25, 0.3) is 0 Å². The number of thiol groups is 1. The Morgan fingerprint density at radius 1 is 1.10 bits per heavy atom. The Labute approximate surface area is 198 Å². The number of carboxylic acid groups (broad SMARTS) is 2. The molecule has 4 rings (SSSR count). The lowest BCUT2D eigenvalue weighted by Crippen LogP contribution is -2.50. The molecule has 10 nitrogen and oxygen atoms in total. The number of nitrogens with one attached hydrogen (secondary N) is 1. The predicted octanol–water partition coefficient (Wildman–Crippen LogP) is 1.13.